The molecule has 0 aromatic heterocycles. The van der Waals surface area contributed by atoms with E-state index >= 15 is 0 Å². The molecule has 0 aliphatic rings. The average molecular weight is 279 g/mol. The van der Waals surface area contributed by atoms with Crippen LogP contribution in [0.5, 0.6) is 0 Å². The highest BCUT2D eigenvalue weighted by molar-refractivity contribution is 5.70. The van der Waals surface area contributed by atoms with Crippen LogP contribution >= 0.6 is 0 Å². The fourth-order valence-corrected chi connectivity index (χ4v) is 2.08. The molecule has 1 aromatic rings. The Labute approximate surface area is 121 Å². The van der Waals surface area contributed by atoms with Crippen LogP contribution in [-0.2, 0) is 22.4 Å². The van der Waals surface area contributed by atoms with Gasteiger partial charge < -0.3 is 15.2 Å². The zero-order valence-corrected chi connectivity index (χ0v) is 12.4. The zero-order chi connectivity index (χ0) is 14.8. The zero-order valence-electron chi connectivity index (χ0n) is 12.4. The number of carbonyl (C=O) groups excluding carboxylic acids is 1. The molecule has 0 spiro atoms. The summed E-state index contributed by atoms with van der Waals surface area (Å²) in [6.45, 7) is 2.99. The normalized spacial score (nSPS) is 12.2. The number of hydrogen-bond donors (Lipinski definition) is 2. The van der Waals surface area contributed by atoms with Crippen LogP contribution in [0.15, 0.2) is 24.3 Å². The minimum atomic E-state index is -0.211. The van der Waals surface area contributed by atoms with Crippen molar-refractivity contribution in [3.05, 3.63) is 35.4 Å². The maximum Gasteiger partial charge on any atom is 0.307 e. The summed E-state index contributed by atoms with van der Waals surface area (Å²) in [5, 5.41) is 12.1. The van der Waals surface area contributed by atoms with Crippen molar-refractivity contribution in [2.24, 2.45) is 0 Å². The SMILES string of the molecule is CCc1ccc(CC(CC(=O)OC)NCCCO)cc1. The van der Waals surface area contributed by atoms with E-state index in [4.69, 9.17) is 9.84 Å². The smallest absolute Gasteiger partial charge is 0.307 e. The van der Waals surface area contributed by atoms with E-state index in [1.54, 1.807) is 0 Å². The van der Waals surface area contributed by atoms with E-state index in [0.717, 1.165) is 12.8 Å². The third-order valence-corrected chi connectivity index (χ3v) is 3.32. The number of aliphatic hydroxyl groups excluding tert-OH is 1. The highest BCUT2D eigenvalue weighted by atomic mass is 16.5. The lowest BCUT2D eigenvalue weighted by Crippen LogP contribution is -2.34. The van der Waals surface area contributed by atoms with Gasteiger partial charge in [-0.15, -0.1) is 0 Å². The first-order valence-electron chi connectivity index (χ1n) is 7.18. The maximum atomic E-state index is 11.4. The minimum Gasteiger partial charge on any atom is -0.469 e. The van der Waals surface area contributed by atoms with Crippen LogP contribution in [0.2, 0.25) is 0 Å². The number of rotatable bonds is 9. The molecule has 4 heteroatoms. The molecule has 0 amide bonds. The first kappa shape index (κ1) is 16.7. The molecule has 0 radical (unpaired) electrons. The summed E-state index contributed by atoms with van der Waals surface area (Å²) >= 11 is 0. The molecule has 4 nitrogen and oxygen atoms in total. The summed E-state index contributed by atoms with van der Waals surface area (Å²) in [5.74, 6) is -0.211. The van der Waals surface area contributed by atoms with E-state index in [-0.39, 0.29) is 18.6 Å². The Morgan fingerprint density at radius 1 is 1.30 bits per heavy atom. The first-order valence-corrected chi connectivity index (χ1v) is 7.18. The van der Waals surface area contributed by atoms with E-state index in [9.17, 15) is 4.79 Å². The predicted octanol–water partition coefficient (Wildman–Crippen LogP) is 1.70. The molecule has 0 bridgehead atoms. The van der Waals surface area contributed by atoms with Crippen LogP contribution in [0.1, 0.15) is 30.9 Å². The second-order valence-corrected chi connectivity index (χ2v) is 4.88. The summed E-state index contributed by atoms with van der Waals surface area (Å²) in [4.78, 5) is 11.4. The number of aryl methyl sites for hydroxylation is 1. The van der Waals surface area contributed by atoms with Crippen molar-refractivity contribution in [2.45, 2.75) is 38.6 Å². The third kappa shape index (κ3) is 6.17. The van der Waals surface area contributed by atoms with Gasteiger partial charge in [0.15, 0.2) is 0 Å². The van der Waals surface area contributed by atoms with E-state index in [0.29, 0.717) is 19.4 Å². The van der Waals surface area contributed by atoms with Crippen molar-refractivity contribution in [1.82, 2.24) is 5.32 Å². The van der Waals surface area contributed by atoms with Gasteiger partial charge in [0, 0.05) is 12.6 Å². The van der Waals surface area contributed by atoms with Gasteiger partial charge in [0.2, 0.25) is 0 Å². The molecule has 1 aromatic carbocycles. The number of aliphatic hydroxyl groups is 1. The van der Waals surface area contributed by atoms with E-state index in [1.165, 1.54) is 18.2 Å². The minimum absolute atomic E-state index is 0.0430. The Hall–Kier alpha value is -1.39. The van der Waals surface area contributed by atoms with Crippen molar-refractivity contribution < 1.29 is 14.6 Å². The molecular formula is C16H25NO3. The lowest BCUT2D eigenvalue weighted by Gasteiger charge is -2.17. The number of esters is 1. The Morgan fingerprint density at radius 2 is 1.95 bits per heavy atom. The summed E-state index contributed by atoms with van der Waals surface area (Å²) in [6.07, 6.45) is 2.84. The molecule has 1 atom stereocenters. The van der Waals surface area contributed by atoms with Crippen molar-refractivity contribution in [2.75, 3.05) is 20.3 Å². The lowest BCUT2D eigenvalue weighted by molar-refractivity contribution is -0.141. The quantitative estimate of drug-likeness (QED) is 0.533. The van der Waals surface area contributed by atoms with E-state index in [1.807, 2.05) is 0 Å². The summed E-state index contributed by atoms with van der Waals surface area (Å²) in [6, 6.07) is 8.51. The largest absolute Gasteiger partial charge is 0.469 e. The van der Waals surface area contributed by atoms with E-state index < -0.39 is 0 Å². The third-order valence-electron chi connectivity index (χ3n) is 3.32. The Bertz CT molecular complexity index is 389. The van der Waals surface area contributed by atoms with Gasteiger partial charge >= 0.3 is 5.97 Å². The molecule has 2 N–H and O–H groups in total. The maximum absolute atomic E-state index is 11.4. The van der Waals surface area contributed by atoms with Gasteiger partial charge in [-0.25, -0.2) is 0 Å². The molecule has 112 valence electrons. The number of carbonyl (C=O) groups is 1. The second kappa shape index (κ2) is 9.50. The summed E-state index contributed by atoms with van der Waals surface area (Å²) < 4.78 is 4.73. The van der Waals surface area contributed by atoms with Crippen LogP contribution in [0, 0.1) is 0 Å². The van der Waals surface area contributed by atoms with Crippen LogP contribution in [0.25, 0.3) is 0 Å². The fourth-order valence-electron chi connectivity index (χ4n) is 2.08. The average Bonchev–Trinajstić information content (AvgIpc) is 2.48. The molecule has 0 heterocycles. The highest BCUT2D eigenvalue weighted by Crippen LogP contribution is 2.10. The predicted molar refractivity (Wildman–Crippen MR) is 79.7 cm³/mol. The van der Waals surface area contributed by atoms with Crippen molar-refractivity contribution in [3.8, 4) is 0 Å². The van der Waals surface area contributed by atoms with Crippen molar-refractivity contribution in [1.29, 1.82) is 0 Å². The van der Waals surface area contributed by atoms with Crippen LogP contribution in [0.4, 0.5) is 0 Å². The molecule has 0 saturated carbocycles. The number of nitrogens with one attached hydrogen (secondary N) is 1. The molecule has 20 heavy (non-hydrogen) atoms. The second-order valence-electron chi connectivity index (χ2n) is 4.88. The number of benzene rings is 1. The topological polar surface area (TPSA) is 58.6 Å². The Morgan fingerprint density at radius 3 is 2.50 bits per heavy atom. The molecule has 1 unspecified atom stereocenters. The Balaban J connectivity index is 2.58. The van der Waals surface area contributed by atoms with Gasteiger partial charge in [-0.05, 0) is 36.9 Å². The molecular weight excluding hydrogens is 254 g/mol. The van der Waals surface area contributed by atoms with Crippen LogP contribution in [0.3, 0.4) is 0 Å². The standard InChI is InChI=1S/C16H25NO3/c1-3-13-5-7-14(8-6-13)11-15(12-16(19)20-2)17-9-4-10-18/h5-8,15,17-18H,3-4,9-12H2,1-2H3. The van der Waals surface area contributed by atoms with Crippen LogP contribution in [-0.4, -0.2) is 37.4 Å². The molecule has 1 rings (SSSR count). The molecule has 0 aliphatic carbocycles. The fraction of sp³-hybridized carbons (Fsp3) is 0.562. The van der Waals surface area contributed by atoms with Gasteiger partial charge in [-0.2, -0.15) is 0 Å². The molecule has 0 fully saturated rings. The van der Waals surface area contributed by atoms with Gasteiger partial charge in [0.25, 0.3) is 0 Å². The summed E-state index contributed by atoms with van der Waals surface area (Å²) in [5.41, 5.74) is 2.51. The lowest BCUT2D eigenvalue weighted by atomic mass is 10.0. The van der Waals surface area contributed by atoms with Gasteiger partial charge in [-0.3, -0.25) is 4.79 Å². The molecule has 0 saturated heterocycles. The number of methoxy groups -OCH3 is 1. The van der Waals surface area contributed by atoms with Crippen LogP contribution < -0.4 is 5.32 Å². The molecule has 0 aliphatic heterocycles. The van der Waals surface area contributed by atoms with Gasteiger partial charge in [-0.1, -0.05) is 31.2 Å². The Kier molecular flexibility index (Phi) is 7.92. The number of ether oxygens (including phenoxy) is 1. The van der Waals surface area contributed by atoms with E-state index in [2.05, 4.69) is 36.5 Å². The monoisotopic (exact) mass is 279 g/mol. The van der Waals surface area contributed by atoms with Crippen molar-refractivity contribution >= 4 is 5.97 Å². The summed E-state index contributed by atoms with van der Waals surface area (Å²) in [7, 11) is 1.41. The van der Waals surface area contributed by atoms with Crippen molar-refractivity contribution in [3.63, 3.8) is 0 Å². The van der Waals surface area contributed by atoms with Gasteiger partial charge in [0.05, 0.1) is 13.5 Å². The van der Waals surface area contributed by atoms with Gasteiger partial charge in [0.1, 0.15) is 0 Å². The number of hydrogen-bond acceptors (Lipinski definition) is 4. The first-order chi connectivity index (χ1) is 9.69. The highest BCUT2D eigenvalue weighted by Gasteiger charge is 2.14.